The molecular formula is C17H22N2O2. The zero-order valence-corrected chi connectivity index (χ0v) is 12.9. The Morgan fingerprint density at radius 3 is 2.86 bits per heavy atom. The highest BCUT2D eigenvalue weighted by molar-refractivity contribution is 6.07. The van der Waals surface area contributed by atoms with Gasteiger partial charge in [-0.1, -0.05) is 18.2 Å². The molecule has 1 aromatic carbocycles. The third kappa shape index (κ3) is 2.44. The molecule has 0 aliphatic carbocycles. The molecule has 1 aromatic heterocycles. The van der Waals surface area contributed by atoms with E-state index in [2.05, 4.69) is 17.6 Å². The van der Waals surface area contributed by atoms with Gasteiger partial charge in [-0.25, -0.2) is 0 Å². The fourth-order valence-corrected chi connectivity index (χ4v) is 3.02. The average molecular weight is 286 g/mol. The summed E-state index contributed by atoms with van der Waals surface area (Å²) in [5.41, 5.74) is 1.92. The molecule has 21 heavy (non-hydrogen) atoms. The monoisotopic (exact) mass is 286 g/mol. The number of fused-ring (bicyclic) bond motifs is 1. The van der Waals surface area contributed by atoms with Crippen LogP contribution in [0.2, 0.25) is 0 Å². The van der Waals surface area contributed by atoms with Crippen LogP contribution in [0, 0.1) is 0 Å². The molecule has 0 unspecified atom stereocenters. The first kappa shape index (κ1) is 14.1. The van der Waals surface area contributed by atoms with Crippen LogP contribution in [0.5, 0.6) is 0 Å². The molecule has 1 saturated heterocycles. The lowest BCUT2D eigenvalue weighted by Crippen LogP contribution is -2.50. The number of carbonyl (C=O) groups is 1. The van der Waals surface area contributed by atoms with Crippen molar-refractivity contribution in [1.82, 2.24) is 9.47 Å². The van der Waals surface area contributed by atoms with Gasteiger partial charge in [-0.2, -0.15) is 0 Å². The van der Waals surface area contributed by atoms with Crippen LogP contribution >= 0.6 is 0 Å². The quantitative estimate of drug-likeness (QED) is 0.850. The fourth-order valence-electron chi connectivity index (χ4n) is 3.02. The molecule has 1 amide bonds. The van der Waals surface area contributed by atoms with E-state index in [1.807, 2.05) is 43.1 Å². The fraction of sp³-hybridized carbons (Fsp3) is 0.471. The van der Waals surface area contributed by atoms with Crippen molar-refractivity contribution in [2.45, 2.75) is 39.5 Å². The van der Waals surface area contributed by atoms with E-state index in [4.69, 9.17) is 4.74 Å². The van der Waals surface area contributed by atoms with Crippen LogP contribution in [0.3, 0.4) is 0 Å². The minimum Gasteiger partial charge on any atom is -0.375 e. The van der Waals surface area contributed by atoms with Crippen molar-refractivity contribution in [3.05, 3.63) is 36.0 Å². The number of ether oxygens (including phenoxy) is 1. The van der Waals surface area contributed by atoms with Crippen molar-refractivity contribution < 1.29 is 9.53 Å². The Kier molecular flexibility index (Phi) is 3.72. The predicted molar refractivity (Wildman–Crippen MR) is 83.5 cm³/mol. The van der Waals surface area contributed by atoms with Gasteiger partial charge in [0.05, 0.1) is 24.3 Å². The number of aryl methyl sites for hydroxylation is 1. The number of para-hydroxylation sites is 1. The molecule has 2 heterocycles. The maximum atomic E-state index is 13.0. The molecule has 0 saturated carbocycles. The van der Waals surface area contributed by atoms with Gasteiger partial charge < -0.3 is 14.2 Å². The number of amides is 1. The Morgan fingerprint density at radius 2 is 2.10 bits per heavy atom. The van der Waals surface area contributed by atoms with Gasteiger partial charge in [-0.3, -0.25) is 4.79 Å². The van der Waals surface area contributed by atoms with E-state index in [-0.39, 0.29) is 18.1 Å². The SMILES string of the molecule is CCn1cc(C(=O)N2C[C@H](C)OC[C@@H]2C)c2ccccc21. The Bertz CT molecular complexity index is 662. The van der Waals surface area contributed by atoms with E-state index in [0.29, 0.717) is 13.2 Å². The molecule has 1 aliphatic heterocycles. The highest BCUT2D eigenvalue weighted by Crippen LogP contribution is 2.24. The number of morpholine rings is 1. The van der Waals surface area contributed by atoms with Gasteiger partial charge in [0.15, 0.2) is 0 Å². The van der Waals surface area contributed by atoms with Crippen LogP contribution in [0.4, 0.5) is 0 Å². The molecular weight excluding hydrogens is 264 g/mol. The summed E-state index contributed by atoms with van der Waals surface area (Å²) in [7, 11) is 0. The first-order valence-corrected chi connectivity index (χ1v) is 7.62. The molecule has 0 bridgehead atoms. The number of carbonyl (C=O) groups excluding carboxylic acids is 1. The third-order valence-corrected chi connectivity index (χ3v) is 4.23. The Labute approximate surface area is 125 Å². The number of nitrogens with zero attached hydrogens (tertiary/aromatic N) is 2. The Hall–Kier alpha value is -1.81. The van der Waals surface area contributed by atoms with Gasteiger partial charge in [0.1, 0.15) is 0 Å². The van der Waals surface area contributed by atoms with E-state index >= 15 is 0 Å². The van der Waals surface area contributed by atoms with Crippen molar-refractivity contribution in [3.8, 4) is 0 Å². The zero-order valence-electron chi connectivity index (χ0n) is 12.9. The lowest BCUT2D eigenvalue weighted by molar-refractivity contribution is -0.0386. The van der Waals surface area contributed by atoms with Gasteiger partial charge in [-0.15, -0.1) is 0 Å². The normalized spacial score (nSPS) is 22.7. The van der Waals surface area contributed by atoms with Gasteiger partial charge >= 0.3 is 0 Å². The molecule has 1 fully saturated rings. The molecule has 2 aromatic rings. The smallest absolute Gasteiger partial charge is 0.256 e. The van der Waals surface area contributed by atoms with E-state index in [1.54, 1.807) is 0 Å². The van der Waals surface area contributed by atoms with Crippen molar-refractivity contribution >= 4 is 16.8 Å². The van der Waals surface area contributed by atoms with Crippen LogP contribution in [0.25, 0.3) is 10.9 Å². The van der Waals surface area contributed by atoms with E-state index in [9.17, 15) is 4.79 Å². The Balaban J connectivity index is 2.01. The molecule has 112 valence electrons. The molecule has 1 aliphatic rings. The van der Waals surface area contributed by atoms with E-state index < -0.39 is 0 Å². The van der Waals surface area contributed by atoms with Crippen molar-refractivity contribution in [2.24, 2.45) is 0 Å². The van der Waals surface area contributed by atoms with Gasteiger partial charge in [0.25, 0.3) is 5.91 Å². The van der Waals surface area contributed by atoms with Crippen LogP contribution < -0.4 is 0 Å². The number of hydrogen-bond donors (Lipinski definition) is 0. The van der Waals surface area contributed by atoms with Crippen molar-refractivity contribution in [1.29, 1.82) is 0 Å². The maximum absolute atomic E-state index is 13.0. The lowest BCUT2D eigenvalue weighted by Gasteiger charge is -2.36. The summed E-state index contributed by atoms with van der Waals surface area (Å²) < 4.78 is 7.76. The molecule has 2 atom stereocenters. The number of aromatic nitrogens is 1. The average Bonchev–Trinajstić information content (AvgIpc) is 2.88. The van der Waals surface area contributed by atoms with Crippen LogP contribution in [-0.4, -0.2) is 40.7 Å². The largest absolute Gasteiger partial charge is 0.375 e. The summed E-state index contributed by atoms with van der Waals surface area (Å²) in [4.78, 5) is 14.9. The highest BCUT2D eigenvalue weighted by atomic mass is 16.5. The summed E-state index contributed by atoms with van der Waals surface area (Å²) in [6, 6.07) is 8.23. The van der Waals surface area contributed by atoms with E-state index in [0.717, 1.165) is 23.0 Å². The summed E-state index contributed by atoms with van der Waals surface area (Å²) in [5, 5.41) is 1.04. The summed E-state index contributed by atoms with van der Waals surface area (Å²) in [6.07, 6.45) is 2.09. The van der Waals surface area contributed by atoms with E-state index in [1.165, 1.54) is 0 Å². The minimum atomic E-state index is 0.102. The first-order chi connectivity index (χ1) is 10.1. The van der Waals surface area contributed by atoms with Crippen LogP contribution in [0.1, 0.15) is 31.1 Å². The van der Waals surface area contributed by atoms with Gasteiger partial charge in [-0.05, 0) is 26.8 Å². The standard InChI is InChI=1S/C17H22N2O2/c1-4-18-10-15(14-7-5-6-8-16(14)18)17(20)19-9-13(3)21-11-12(19)2/h5-8,10,12-13H,4,9,11H2,1-3H3/t12-,13-/m0/s1. The van der Waals surface area contributed by atoms with Crippen molar-refractivity contribution in [2.75, 3.05) is 13.2 Å². The van der Waals surface area contributed by atoms with Crippen LogP contribution in [-0.2, 0) is 11.3 Å². The number of rotatable bonds is 2. The van der Waals surface area contributed by atoms with Gasteiger partial charge in [0, 0.05) is 30.2 Å². The molecule has 4 heteroatoms. The summed E-state index contributed by atoms with van der Waals surface area (Å²) in [6.45, 7) is 8.29. The lowest BCUT2D eigenvalue weighted by atomic mass is 10.1. The predicted octanol–water partition coefficient (Wildman–Crippen LogP) is 2.91. The highest BCUT2D eigenvalue weighted by Gasteiger charge is 2.29. The Morgan fingerprint density at radius 1 is 1.33 bits per heavy atom. The second-order valence-electron chi connectivity index (χ2n) is 5.80. The van der Waals surface area contributed by atoms with Gasteiger partial charge in [0.2, 0.25) is 0 Å². The second-order valence-corrected chi connectivity index (χ2v) is 5.80. The summed E-state index contributed by atoms with van der Waals surface area (Å²) >= 11 is 0. The topological polar surface area (TPSA) is 34.5 Å². The molecule has 4 nitrogen and oxygen atoms in total. The summed E-state index contributed by atoms with van der Waals surface area (Å²) in [5.74, 6) is 0.112. The molecule has 0 radical (unpaired) electrons. The van der Waals surface area contributed by atoms with Crippen molar-refractivity contribution in [3.63, 3.8) is 0 Å². The number of hydrogen-bond acceptors (Lipinski definition) is 2. The molecule has 0 spiro atoms. The maximum Gasteiger partial charge on any atom is 0.256 e. The second kappa shape index (κ2) is 5.53. The minimum absolute atomic E-state index is 0.102. The molecule has 0 N–H and O–H groups in total. The third-order valence-electron chi connectivity index (χ3n) is 4.23. The first-order valence-electron chi connectivity index (χ1n) is 7.62. The van der Waals surface area contributed by atoms with Crippen LogP contribution in [0.15, 0.2) is 30.5 Å². The zero-order chi connectivity index (χ0) is 15.0. The number of benzene rings is 1. The molecule has 3 rings (SSSR count).